The van der Waals surface area contributed by atoms with E-state index in [4.69, 9.17) is 10.9 Å². The van der Waals surface area contributed by atoms with Crippen molar-refractivity contribution in [3.8, 4) is 0 Å². The molecule has 1 heterocycles. The van der Waals surface area contributed by atoms with Crippen molar-refractivity contribution in [2.75, 3.05) is 26.7 Å². The Balaban J connectivity index is 2.66. The van der Waals surface area contributed by atoms with Crippen molar-refractivity contribution >= 4 is 5.96 Å². The van der Waals surface area contributed by atoms with E-state index in [9.17, 15) is 0 Å². The Labute approximate surface area is 78.8 Å². The van der Waals surface area contributed by atoms with Gasteiger partial charge in [0, 0.05) is 25.2 Å². The lowest BCUT2D eigenvalue weighted by molar-refractivity contribution is 0.0720. The Kier molecular flexibility index (Phi) is 2.66. The van der Waals surface area contributed by atoms with Gasteiger partial charge in [-0.15, -0.1) is 0 Å². The van der Waals surface area contributed by atoms with E-state index in [-0.39, 0.29) is 11.5 Å². The fraction of sp³-hybridized carbons (Fsp3) is 0.875. The van der Waals surface area contributed by atoms with E-state index < -0.39 is 0 Å². The van der Waals surface area contributed by atoms with E-state index in [0.717, 1.165) is 19.6 Å². The average molecular weight is 186 g/mol. The largest absolute Gasteiger partial charge is 0.408 e. The molecule has 1 rings (SSSR count). The number of nitrogens with zero attached hydrogens (tertiary/aromatic N) is 3. The summed E-state index contributed by atoms with van der Waals surface area (Å²) in [5, 5.41) is 11.5. The fourth-order valence-corrected chi connectivity index (χ4v) is 1.50. The minimum absolute atomic E-state index is 0.0769. The zero-order valence-electron chi connectivity index (χ0n) is 8.49. The van der Waals surface area contributed by atoms with Gasteiger partial charge in [-0.3, -0.25) is 4.90 Å². The predicted molar refractivity (Wildman–Crippen MR) is 51.7 cm³/mol. The van der Waals surface area contributed by atoms with Gasteiger partial charge in [0.15, 0.2) is 0 Å². The highest BCUT2D eigenvalue weighted by Crippen LogP contribution is 2.18. The molecule has 0 radical (unpaired) electrons. The number of guanidine groups is 1. The van der Waals surface area contributed by atoms with Crippen molar-refractivity contribution in [1.82, 2.24) is 9.80 Å². The van der Waals surface area contributed by atoms with E-state index in [1.54, 1.807) is 0 Å². The summed E-state index contributed by atoms with van der Waals surface area (Å²) >= 11 is 0. The highest BCUT2D eigenvalue weighted by atomic mass is 16.4. The van der Waals surface area contributed by atoms with Gasteiger partial charge >= 0.3 is 0 Å². The number of piperazine rings is 1. The van der Waals surface area contributed by atoms with Crippen molar-refractivity contribution in [3.63, 3.8) is 0 Å². The number of hydrogen-bond acceptors (Lipinski definition) is 3. The third-order valence-electron chi connectivity index (χ3n) is 2.74. The van der Waals surface area contributed by atoms with Crippen LogP contribution in [0.1, 0.15) is 13.8 Å². The van der Waals surface area contributed by atoms with Gasteiger partial charge < -0.3 is 15.8 Å². The number of nitrogens with two attached hydrogens (primary N) is 1. The number of likely N-dealkylation sites (N-methyl/N-ethyl adjacent to an activating group) is 1. The third-order valence-corrected chi connectivity index (χ3v) is 2.74. The summed E-state index contributed by atoms with van der Waals surface area (Å²) in [5.41, 5.74) is 5.60. The zero-order chi connectivity index (χ0) is 10.1. The molecule has 0 saturated carbocycles. The molecule has 0 amide bonds. The topological polar surface area (TPSA) is 65.1 Å². The highest BCUT2D eigenvalue weighted by molar-refractivity contribution is 5.77. The van der Waals surface area contributed by atoms with Crippen molar-refractivity contribution in [3.05, 3.63) is 0 Å². The van der Waals surface area contributed by atoms with Crippen LogP contribution in [0.2, 0.25) is 0 Å². The molecule has 13 heavy (non-hydrogen) atoms. The Bertz CT molecular complexity index is 214. The predicted octanol–water partition coefficient (Wildman–Crippen LogP) is -0.284. The second-order valence-electron chi connectivity index (χ2n) is 4.11. The summed E-state index contributed by atoms with van der Waals surface area (Å²) in [7, 11) is 2.09. The molecular weight excluding hydrogens is 168 g/mol. The molecule has 76 valence electrons. The van der Waals surface area contributed by atoms with Crippen molar-refractivity contribution in [2.45, 2.75) is 19.4 Å². The second kappa shape index (κ2) is 3.41. The van der Waals surface area contributed by atoms with Gasteiger partial charge in [-0.05, 0) is 20.9 Å². The summed E-state index contributed by atoms with van der Waals surface area (Å²) in [6, 6.07) is 0. The van der Waals surface area contributed by atoms with Gasteiger partial charge in [0.1, 0.15) is 0 Å². The maximum absolute atomic E-state index is 8.53. The van der Waals surface area contributed by atoms with Crippen molar-refractivity contribution in [2.24, 2.45) is 10.9 Å². The molecule has 0 atom stereocenters. The van der Waals surface area contributed by atoms with Crippen LogP contribution in [-0.4, -0.2) is 53.2 Å². The molecule has 1 aliphatic heterocycles. The zero-order valence-corrected chi connectivity index (χ0v) is 8.49. The molecule has 1 fully saturated rings. The third kappa shape index (κ3) is 2.03. The van der Waals surface area contributed by atoms with Crippen LogP contribution in [0.3, 0.4) is 0 Å². The number of oxime groups is 1. The van der Waals surface area contributed by atoms with E-state index in [1.165, 1.54) is 0 Å². The summed E-state index contributed by atoms with van der Waals surface area (Å²) in [6.07, 6.45) is 0. The van der Waals surface area contributed by atoms with Gasteiger partial charge in [0.2, 0.25) is 5.96 Å². The van der Waals surface area contributed by atoms with Crippen LogP contribution in [0, 0.1) is 0 Å². The number of rotatable bonds is 0. The SMILES string of the molecule is CN1CCN(/C(N)=N/O)CC1(C)C. The van der Waals surface area contributed by atoms with Gasteiger partial charge in [-0.25, -0.2) is 0 Å². The molecule has 0 aromatic heterocycles. The van der Waals surface area contributed by atoms with Gasteiger partial charge in [0.25, 0.3) is 0 Å². The quantitative estimate of drug-likeness (QED) is 0.236. The van der Waals surface area contributed by atoms with Crippen LogP contribution < -0.4 is 5.73 Å². The molecular formula is C8H18N4O. The first-order valence-corrected chi connectivity index (χ1v) is 4.41. The lowest BCUT2D eigenvalue weighted by atomic mass is 10.0. The first-order chi connectivity index (χ1) is 5.97. The molecule has 0 aromatic carbocycles. The molecule has 5 nitrogen and oxygen atoms in total. The Morgan fingerprint density at radius 2 is 2.08 bits per heavy atom. The Hall–Kier alpha value is -0.970. The normalized spacial score (nSPS) is 24.8. The number of hydrogen-bond donors (Lipinski definition) is 2. The van der Waals surface area contributed by atoms with Crippen LogP contribution >= 0.6 is 0 Å². The molecule has 5 heteroatoms. The first-order valence-electron chi connectivity index (χ1n) is 4.41. The molecule has 0 spiro atoms. The van der Waals surface area contributed by atoms with Crippen molar-refractivity contribution in [1.29, 1.82) is 0 Å². The summed E-state index contributed by atoms with van der Waals surface area (Å²) in [6.45, 7) is 6.83. The van der Waals surface area contributed by atoms with Crippen LogP contribution in [-0.2, 0) is 0 Å². The summed E-state index contributed by atoms with van der Waals surface area (Å²) in [4.78, 5) is 4.16. The van der Waals surface area contributed by atoms with E-state index >= 15 is 0 Å². The van der Waals surface area contributed by atoms with E-state index in [2.05, 4.69) is 31.0 Å². The second-order valence-corrected chi connectivity index (χ2v) is 4.11. The monoisotopic (exact) mass is 186 g/mol. The van der Waals surface area contributed by atoms with E-state index in [1.807, 2.05) is 4.90 Å². The molecule has 3 N–H and O–H groups in total. The van der Waals surface area contributed by atoms with Crippen LogP contribution in [0.15, 0.2) is 5.16 Å². The molecule has 1 aliphatic rings. The van der Waals surface area contributed by atoms with Crippen LogP contribution in [0.5, 0.6) is 0 Å². The fourth-order valence-electron chi connectivity index (χ4n) is 1.50. The van der Waals surface area contributed by atoms with Crippen LogP contribution in [0.25, 0.3) is 0 Å². The lowest BCUT2D eigenvalue weighted by Crippen LogP contribution is -2.60. The minimum atomic E-state index is 0.0769. The molecule has 0 unspecified atom stereocenters. The van der Waals surface area contributed by atoms with Crippen molar-refractivity contribution < 1.29 is 5.21 Å². The van der Waals surface area contributed by atoms with Gasteiger partial charge in [0.05, 0.1) is 0 Å². The summed E-state index contributed by atoms with van der Waals surface area (Å²) < 4.78 is 0. The minimum Gasteiger partial charge on any atom is -0.408 e. The van der Waals surface area contributed by atoms with E-state index in [0.29, 0.717) is 0 Å². The average Bonchev–Trinajstić information content (AvgIpc) is 2.08. The van der Waals surface area contributed by atoms with Gasteiger partial charge in [-0.2, -0.15) is 0 Å². The molecule has 0 aromatic rings. The molecule has 1 saturated heterocycles. The molecule has 0 bridgehead atoms. The van der Waals surface area contributed by atoms with Gasteiger partial charge in [-0.1, -0.05) is 5.16 Å². The maximum atomic E-state index is 8.53. The first kappa shape index (κ1) is 10.1. The molecule has 0 aliphatic carbocycles. The maximum Gasteiger partial charge on any atom is 0.233 e. The Morgan fingerprint density at radius 3 is 2.54 bits per heavy atom. The highest BCUT2D eigenvalue weighted by Gasteiger charge is 2.31. The summed E-state index contributed by atoms with van der Waals surface area (Å²) in [5.74, 6) is 0.209. The Morgan fingerprint density at radius 1 is 1.46 bits per heavy atom. The standard InChI is InChI=1S/C8H18N4O/c1-8(2)6-12(7(9)10-13)5-4-11(8)3/h13H,4-6H2,1-3H3,(H2,9,10). The lowest BCUT2D eigenvalue weighted by Gasteiger charge is -2.45. The smallest absolute Gasteiger partial charge is 0.233 e. The van der Waals surface area contributed by atoms with Crippen LogP contribution in [0.4, 0.5) is 0 Å².